The van der Waals surface area contributed by atoms with Gasteiger partial charge in [-0.3, -0.25) is 20.4 Å². The number of benzene rings is 2. The van der Waals surface area contributed by atoms with E-state index in [0.717, 1.165) is 11.1 Å². The van der Waals surface area contributed by atoms with E-state index >= 15 is 0 Å². The maximum atomic E-state index is 13.2. The van der Waals surface area contributed by atoms with Crippen molar-refractivity contribution in [1.29, 1.82) is 0 Å². The third kappa shape index (κ3) is 5.26. The Kier molecular flexibility index (Phi) is 7.15. The van der Waals surface area contributed by atoms with E-state index in [9.17, 15) is 14.0 Å². The first-order valence-corrected chi connectivity index (χ1v) is 10.4. The molecule has 0 saturated carbocycles. The van der Waals surface area contributed by atoms with Crippen LogP contribution in [-0.2, 0) is 4.79 Å². The lowest BCUT2D eigenvalue weighted by Gasteiger charge is -2.15. The van der Waals surface area contributed by atoms with Gasteiger partial charge in [-0.25, -0.2) is 9.07 Å². The second kappa shape index (κ2) is 9.82. The molecule has 168 valence electrons. The summed E-state index contributed by atoms with van der Waals surface area (Å²) in [4.78, 5) is 24.8. The molecule has 0 aliphatic carbocycles. The monoisotopic (exact) mass is 458 g/mol. The summed E-state index contributed by atoms with van der Waals surface area (Å²) in [5.74, 6) is -0.707. The Morgan fingerprint density at radius 1 is 1.12 bits per heavy atom. The first-order valence-electron chi connectivity index (χ1n) is 10.0. The summed E-state index contributed by atoms with van der Waals surface area (Å²) in [6.07, 6.45) is 0. The van der Waals surface area contributed by atoms with Crippen molar-refractivity contribution < 1.29 is 18.7 Å². The molecule has 0 atom stereocenters. The number of amides is 2. The Balaban J connectivity index is 1.63. The maximum absolute atomic E-state index is 13.2. The van der Waals surface area contributed by atoms with Crippen molar-refractivity contribution in [2.45, 2.75) is 33.6 Å². The summed E-state index contributed by atoms with van der Waals surface area (Å²) in [7, 11) is 0. The summed E-state index contributed by atoms with van der Waals surface area (Å²) in [5.41, 5.74) is 7.59. The fourth-order valence-electron chi connectivity index (χ4n) is 3.12. The summed E-state index contributed by atoms with van der Waals surface area (Å²) < 4.78 is 20.1. The highest BCUT2D eigenvalue weighted by atomic mass is 35.5. The van der Waals surface area contributed by atoms with Gasteiger partial charge in [0.15, 0.2) is 6.61 Å². The van der Waals surface area contributed by atoms with Crippen LogP contribution in [-0.4, -0.2) is 28.2 Å². The minimum absolute atomic E-state index is 0.0402. The van der Waals surface area contributed by atoms with Crippen LogP contribution in [0.4, 0.5) is 4.39 Å². The molecule has 0 spiro atoms. The highest BCUT2D eigenvalue weighted by Gasteiger charge is 2.22. The van der Waals surface area contributed by atoms with Gasteiger partial charge in [0.2, 0.25) is 0 Å². The standard InChI is InChI=1S/C23H24ClFN4O3/c1-13(2)18-10-5-14(3)11-19(18)32-12-20(30)26-27-23(31)21-15(4)28-29(22(21)24)17-8-6-16(25)7-9-17/h5-11,13H,12H2,1-4H3,(H,26,30)(H,27,31). The molecule has 2 N–H and O–H groups in total. The molecule has 0 fully saturated rings. The summed E-state index contributed by atoms with van der Waals surface area (Å²) in [5, 5.41) is 4.27. The van der Waals surface area contributed by atoms with Crippen molar-refractivity contribution in [2.24, 2.45) is 0 Å². The van der Waals surface area contributed by atoms with Gasteiger partial charge in [-0.05, 0) is 61.2 Å². The molecular formula is C23H24ClFN4O3. The zero-order valence-corrected chi connectivity index (χ0v) is 19.0. The van der Waals surface area contributed by atoms with Gasteiger partial charge in [-0.2, -0.15) is 5.10 Å². The van der Waals surface area contributed by atoms with Crippen LogP contribution in [0.3, 0.4) is 0 Å². The van der Waals surface area contributed by atoms with Crippen LogP contribution in [0.15, 0.2) is 42.5 Å². The largest absolute Gasteiger partial charge is 0.483 e. The molecule has 1 heterocycles. The molecule has 2 aromatic carbocycles. The molecule has 0 bridgehead atoms. The SMILES string of the molecule is Cc1ccc(C(C)C)c(OCC(=O)NNC(=O)c2c(C)nn(-c3ccc(F)cc3)c2Cl)c1. The van der Waals surface area contributed by atoms with E-state index in [2.05, 4.69) is 16.0 Å². The summed E-state index contributed by atoms with van der Waals surface area (Å²) >= 11 is 6.33. The third-order valence-electron chi connectivity index (χ3n) is 4.77. The normalized spacial score (nSPS) is 10.8. The quantitative estimate of drug-likeness (QED) is 0.541. The number of aromatic nitrogens is 2. The van der Waals surface area contributed by atoms with E-state index in [1.165, 1.54) is 28.9 Å². The van der Waals surface area contributed by atoms with Gasteiger partial charge in [-0.15, -0.1) is 0 Å². The average molecular weight is 459 g/mol. The summed E-state index contributed by atoms with van der Waals surface area (Å²) in [6.45, 7) is 7.35. The minimum atomic E-state index is -0.632. The Morgan fingerprint density at radius 2 is 1.81 bits per heavy atom. The number of halogens is 2. The second-order valence-electron chi connectivity index (χ2n) is 7.63. The fourth-order valence-corrected chi connectivity index (χ4v) is 3.48. The van der Waals surface area contributed by atoms with Crippen molar-refractivity contribution >= 4 is 23.4 Å². The minimum Gasteiger partial charge on any atom is -0.483 e. The van der Waals surface area contributed by atoms with Crippen LogP contribution in [0.5, 0.6) is 5.75 Å². The average Bonchev–Trinajstić information content (AvgIpc) is 3.04. The first-order chi connectivity index (χ1) is 15.2. The first kappa shape index (κ1) is 23.3. The zero-order valence-electron chi connectivity index (χ0n) is 18.2. The van der Waals surface area contributed by atoms with Gasteiger partial charge in [-0.1, -0.05) is 37.6 Å². The Bertz CT molecular complexity index is 1140. The molecule has 0 aliphatic heterocycles. The molecule has 7 nitrogen and oxygen atoms in total. The number of carbonyl (C=O) groups excluding carboxylic acids is 2. The molecule has 32 heavy (non-hydrogen) atoms. The predicted molar refractivity (Wildman–Crippen MR) is 120 cm³/mol. The lowest BCUT2D eigenvalue weighted by Crippen LogP contribution is -2.44. The van der Waals surface area contributed by atoms with E-state index in [0.29, 0.717) is 17.1 Å². The lowest BCUT2D eigenvalue weighted by atomic mass is 10.0. The predicted octanol–water partition coefficient (Wildman–Crippen LogP) is 4.25. The van der Waals surface area contributed by atoms with Crippen molar-refractivity contribution in [3.63, 3.8) is 0 Å². The molecule has 3 aromatic rings. The van der Waals surface area contributed by atoms with E-state index in [1.54, 1.807) is 6.92 Å². The fraction of sp³-hybridized carbons (Fsp3) is 0.261. The van der Waals surface area contributed by atoms with Crippen LogP contribution in [0.1, 0.15) is 46.9 Å². The maximum Gasteiger partial charge on any atom is 0.276 e. The van der Waals surface area contributed by atoms with Crippen LogP contribution in [0.2, 0.25) is 5.15 Å². The van der Waals surface area contributed by atoms with Gasteiger partial charge in [0.1, 0.15) is 22.3 Å². The highest BCUT2D eigenvalue weighted by molar-refractivity contribution is 6.33. The lowest BCUT2D eigenvalue weighted by molar-refractivity contribution is -0.123. The van der Waals surface area contributed by atoms with E-state index < -0.39 is 17.6 Å². The molecular weight excluding hydrogens is 435 g/mol. The smallest absolute Gasteiger partial charge is 0.276 e. The van der Waals surface area contributed by atoms with E-state index in [4.69, 9.17) is 16.3 Å². The van der Waals surface area contributed by atoms with E-state index in [1.807, 2.05) is 39.0 Å². The number of hydrogen-bond acceptors (Lipinski definition) is 4. The Labute approximate surface area is 190 Å². The van der Waals surface area contributed by atoms with Crippen LogP contribution in [0, 0.1) is 19.7 Å². The number of hydrazine groups is 1. The number of ether oxygens (including phenoxy) is 1. The van der Waals surface area contributed by atoms with Gasteiger partial charge >= 0.3 is 0 Å². The number of rotatable bonds is 6. The highest BCUT2D eigenvalue weighted by Crippen LogP contribution is 2.27. The zero-order chi connectivity index (χ0) is 23.4. The third-order valence-corrected chi connectivity index (χ3v) is 5.12. The molecule has 0 unspecified atom stereocenters. The molecule has 0 radical (unpaired) electrons. The van der Waals surface area contributed by atoms with Crippen LogP contribution >= 0.6 is 11.6 Å². The van der Waals surface area contributed by atoms with Crippen molar-refractivity contribution in [3.8, 4) is 11.4 Å². The number of aryl methyl sites for hydroxylation is 2. The Morgan fingerprint density at radius 3 is 2.47 bits per heavy atom. The van der Waals surface area contributed by atoms with Gasteiger partial charge in [0, 0.05) is 0 Å². The topological polar surface area (TPSA) is 85.2 Å². The van der Waals surface area contributed by atoms with Gasteiger partial charge < -0.3 is 4.74 Å². The number of nitrogens with zero attached hydrogens (tertiary/aromatic N) is 2. The molecule has 2 amide bonds. The Hall–Kier alpha value is -3.39. The summed E-state index contributed by atoms with van der Waals surface area (Å²) in [6, 6.07) is 11.3. The molecule has 1 aromatic heterocycles. The van der Waals surface area contributed by atoms with Crippen molar-refractivity contribution in [2.75, 3.05) is 6.61 Å². The molecule has 9 heteroatoms. The molecule has 0 aliphatic rings. The molecule has 3 rings (SSSR count). The number of carbonyl (C=O) groups is 2. The van der Waals surface area contributed by atoms with Crippen LogP contribution in [0.25, 0.3) is 5.69 Å². The van der Waals surface area contributed by atoms with Gasteiger partial charge in [0.25, 0.3) is 11.8 Å². The van der Waals surface area contributed by atoms with Crippen LogP contribution < -0.4 is 15.6 Å². The number of hydrogen-bond donors (Lipinski definition) is 2. The number of nitrogens with one attached hydrogen (secondary N) is 2. The van der Waals surface area contributed by atoms with Crippen molar-refractivity contribution in [3.05, 3.63) is 75.8 Å². The second-order valence-corrected chi connectivity index (χ2v) is 7.98. The van der Waals surface area contributed by atoms with Gasteiger partial charge in [0.05, 0.1) is 11.4 Å². The van der Waals surface area contributed by atoms with E-state index in [-0.39, 0.29) is 23.2 Å². The van der Waals surface area contributed by atoms with Crippen molar-refractivity contribution in [1.82, 2.24) is 20.6 Å². The molecule has 0 saturated heterocycles.